The van der Waals surface area contributed by atoms with Crippen molar-refractivity contribution in [3.63, 3.8) is 0 Å². The van der Waals surface area contributed by atoms with Gasteiger partial charge in [-0.25, -0.2) is 4.98 Å². The third-order valence-corrected chi connectivity index (χ3v) is 2.33. The van der Waals surface area contributed by atoms with Crippen molar-refractivity contribution in [1.82, 2.24) is 9.36 Å². The molecular weight excluding hydrogens is 202 g/mol. The molecule has 14 heavy (non-hydrogen) atoms. The molecule has 78 valence electrons. The summed E-state index contributed by atoms with van der Waals surface area (Å²) in [7, 11) is 0. The standard InChI is InChI=1S/C8H13N3O2S/c12-7(13)4-2-1-3-5-9-8-10-6-11-14-8/h6H,1-5H2,(H,12,13)(H,9,10,11). The fourth-order valence-corrected chi connectivity index (χ4v) is 1.48. The molecule has 0 atom stereocenters. The average Bonchev–Trinajstić information content (AvgIpc) is 2.63. The Hall–Kier alpha value is -1.17. The molecule has 5 nitrogen and oxygen atoms in total. The third-order valence-electron chi connectivity index (χ3n) is 1.70. The van der Waals surface area contributed by atoms with Gasteiger partial charge in [-0.05, 0) is 12.8 Å². The molecule has 0 saturated heterocycles. The first-order valence-corrected chi connectivity index (χ1v) is 5.28. The van der Waals surface area contributed by atoms with Gasteiger partial charge in [-0.1, -0.05) is 6.42 Å². The Kier molecular flexibility index (Phi) is 4.92. The lowest BCUT2D eigenvalue weighted by Gasteiger charge is -2.00. The SMILES string of the molecule is O=C(O)CCCCCNc1ncns1. The largest absolute Gasteiger partial charge is 0.481 e. The molecular formula is C8H13N3O2S. The van der Waals surface area contributed by atoms with E-state index in [2.05, 4.69) is 14.7 Å². The predicted octanol–water partition coefficient (Wildman–Crippen LogP) is 1.59. The number of nitrogens with one attached hydrogen (secondary N) is 1. The van der Waals surface area contributed by atoms with Crippen molar-refractivity contribution in [2.75, 3.05) is 11.9 Å². The lowest BCUT2D eigenvalue weighted by molar-refractivity contribution is -0.137. The van der Waals surface area contributed by atoms with Crippen LogP contribution in [0.1, 0.15) is 25.7 Å². The monoisotopic (exact) mass is 215 g/mol. The second-order valence-corrected chi connectivity index (χ2v) is 3.66. The van der Waals surface area contributed by atoms with Crippen molar-refractivity contribution in [2.45, 2.75) is 25.7 Å². The minimum Gasteiger partial charge on any atom is -0.481 e. The Morgan fingerprint density at radius 2 is 2.36 bits per heavy atom. The Balaban J connectivity index is 1.92. The lowest BCUT2D eigenvalue weighted by atomic mass is 10.2. The van der Waals surface area contributed by atoms with Crippen molar-refractivity contribution in [1.29, 1.82) is 0 Å². The molecule has 0 radical (unpaired) electrons. The zero-order valence-corrected chi connectivity index (χ0v) is 8.59. The number of unbranched alkanes of at least 4 members (excludes halogenated alkanes) is 2. The fourth-order valence-electron chi connectivity index (χ4n) is 1.02. The maximum absolute atomic E-state index is 10.2. The lowest BCUT2D eigenvalue weighted by Crippen LogP contribution is -2.01. The van der Waals surface area contributed by atoms with Gasteiger partial charge in [0.05, 0.1) is 0 Å². The Bertz CT molecular complexity index is 264. The van der Waals surface area contributed by atoms with E-state index in [-0.39, 0.29) is 6.42 Å². The van der Waals surface area contributed by atoms with Crippen molar-refractivity contribution in [2.24, 2.45) is 0 Å². The molecule has 0 amide bonds. The molecule has 0 aromatic carbocycles. The highest BCUT2D eigenvalue weighted by Gasteiger charge is 1.97. The predicted molar refractivity (Wildman–Crippen MR) is 54.5 cm³/mol. The van der Waals surface area contributed by atoms with Gasteiger partial charge in [0.2, 0.25) is 5.13 Å². The molecule has 0 spiro atoms. The van der Waals surface area contributed by atoms with E-state index < -0.39 is 5.97 Å². The normalized spacial score (nSPS) is 10.0. The molecule has 1 rings (SSSR count). The van der Waals surface area contributed by atoms with E-state index in [0.29, 0.717) is 0 Å². The van der Waals surface area contributed by atoms with Gasteiger partial charge < -0.3 is 10.4 Å². The zero-order chi connectivity index (χ0) is 10.2. The van der Waals surface area contributed by atoms with Gasteiger partial charge in [-0.2, -0.15) is 4.37 Å². The summed E-state index contributed by atoms with van der Waals surface area (Å²) in [6.45, 7) is 0.828. The number of carboxylic acid groups (broad SMARTS) is 1. The molecule has 0 aliphatic heterocycles. The summed E-state index contributed by atoms with van der Waals surface area (Å²) in [5.41, 5.74) is 0. The molecule has 0 aliphatic carbocycles. The minimum atomic E-state index is -0.720. The van der Waals surface area contributed by atoms with Crippen LogP contribution >= 0.6 is 11.5 Å². The van der Waals surface area contributed by atoms with Crippen molar-refractivity contribution in [3.8, 4) is 0 Å². The molecule has 1 aromatic heterocycles. The Morgan fingerprint density at radius 1 is 1.50 bits per heavy atom. The van der Waals surface area contributed by atoms with E-state index in [9.17, 15) is 4.79 Å². The number of carbonyl (C=O) groups is 1. The average molecular weight is 215 g/mol. The van der Waals surface area contributed by atoms with E-state index in [4.69, 9.17) is 5.11 Å². The number of aromatic nitrogens is 2. The van der Waals surface area contributed by atoms with Crippen LogP contribution in [0.4, 0.5) is 5.13 Å². The maximum Gasteiger partial charge on any atom is 0.303 e. The van der Waals surface area contributed by atoms with Crippen molar-refractivity contribution < 1.29 is 9.90 Å². The number of hydrogen-bond acceptors (Lipinski definition) is 5. The van der Waals surface area contributed by atoms with Crippen LogP contribution in [0.5, 0.6) is 0 Å². The van der Waals surface area contributed by atoms with Gasteiger partial charge in [-0.15, -0.1) is 0 Å². The fraction of sp³-hybridized carbons (Fsp3) is 0.625. The summed E-state index contributed by atoms with van der Waals surface area (Å²) in [5.74, 6) is -0.720. The number of hydrogen-bond donors (Lipinski definition) is 2. The van der Waals surface area contributed by atoms with Gasteiger partial charge >= 0.3 is 5.97 Å². The summed E-state index contributed by atoms with van der Waals surface area (Å²) in [4.78, 5) is 14.2. The van der Waals surface area contributed by atoms with E-state index in [1.165, 1.54) is 17.9 Å². The van der Waals surface area contributed by atoms with Crippen LogP contribution in [-0.4, -0.2) is 27.0 Å². The summed E-state index contributed by atoms with van der Waals surface area (Å²) >= 11 is 1.33. The van der Waals surface area contributed by atoms with Crippen LogP contribution in [0.15, 0.2) is 6.33 Å². The first-order valence-electron chi connectivity index (χ1n) is 4.51. The maximum atomic E-state index is 10.2. The van der Waals surface area contributed by atoms with Crippen LogP contribution in [0, 0.1) is 0 Å². The first kappa shape index (κ1) is 10.9. The summed E-state index contributed by atoms with van der Waals surface area (Å²) in [6, 6.07) is 0. The van der Waals surface area contributed by atoms with E-state index in [0.717, 1.165) is 30.9 Å². The van der Waals surface area contributed by atoms with E-state index >= 15 is 0 Å². The summed E-state index contributed by atoms with van der Waals surface area (Å²) in [6.07, 6.45) is 4.41. The van der Waals surface area contributed by atoms with Gasteiger partial charge in [0.15, 0.2) is 0 Å². The quantitative estimate of drug-likeness (QED) is 0.676. The van der Waals surface area contributed by atoms with Crippen LogP contribution in [0.25, 0.3) is 0 Å². The molecule has 0 saturated carbocycles. The summed E-state index contributed by atoms with van der Waals surface area (Å²) < 4.78 is 3.85. The second kappa shape index (κ2) is 6.31. The van der Waals surface area contributed by atoms with Gasteiger partial charge in [0.25, 0.3) is 0 Å². The molecule has 0 unspecified atom stereocenters. The van der Waals surface area contributed by atoms with Crippen molar-refractivity contribution >= 4 is 22.6 Å². The Labute approximate surface area is 86.3 Å². The molecule has 0 fully saturated rings. The number of carboxylic acids is 1. The molecule has 1 heterocycles. The molecule has 2 N–H and O–H groups in total. The highest BCUT2D eigenvalue weighted by molar-refractivity contribution is 7.09. The van der Waals surface area contributed by atoms with Crippen LogP contribution in [0.3, 0.4) is 0 Å². The minimum absolute atomic E-state index is 0.263. The molecule has 6 heteroatoms. The third kappa shape index (κ3) is 4.76. The highest BCUT2D eigenvalue weighted by atomic mass is 32.1. The van der Waals surface area contributed by atoms with Gasteiger partial charge in [0.1, 0.15) is 6.33 Å². The van der Waals surface area contributed by atoms with Gasteiger partial charge in [0, 0.05) is 24.5 Å². The van der Waals surface area contributed by atoms with Crippen LogP contribution < -0.4 is 5.32 Å². The number of anilines is 1. The first-order chi connectivity index (χ1) is 6.79. The number of nitrogens with zero attached hydrogens (tertiary/aromatic N) is 2. The van der Waals surface area contributed by atoms with E-state index in [1.807, 2.05) is 0 Å². The van der Waals surface area contributed by atoms with Crippen molar-refractivity contribution in [3.05, 3.63) is 6.33 Å². The molecule has 0 aliphatic rings. The Morgan fingerprint density at radius 3 is 3.00 bits per heavy atom. The number of rotatable bonds is 7. The topological polar surface area (TPSA) is 75.1 Å². The smallest absolute Gasteiger partial charge is 0.303 e. The van der Waals surface area contributed by atoms with Crippen LogP contribution in [0.2, 0.25) is 0 Å². The molecule has 0 bridgehead atoms. The number of aliphatic carboxylic acids is 1. The van der Waals surface area contributed by atoms with Crippen LogP contribution in [-0.2, 0) is 4.79 Å². The second-order valence-electron chi connectivity index (χ2n) is 2.88. The van der Waals surface area contributed by atoms with E-state index in [1.54, 1.807) is 0 Å². The highest BCUT2D eigenvalue weighted by Crippen LogP contribution is 2.07. The van der Waals surface area contributed by atoms with Gasteiger partial charge in [-0.3, -0.25) is 4.79 Å². The summed E-state index contributed by atoms with van der Waals surface area (Å²) in [5, 5.41) is 12.3. The molecule has 1 aromatic rings. The zero-order valence-electron chi connectivity index (χ0n) is 7.77.